The summed E-state index contributed by atoms with van der Waals surface area (Å²) in [5, 5.41) is 9.07. The van der Waals surface area contributed by atoms with Crippen molar-refractivity contribution in [2.75, 3.05) is 23.7 Å². The van der Waals surface area contributed by atoms with Crippen LogP contribution >= 0.6 is 0 Å². The fourth-order valence-electron chi connectivity index (χ4n) is 1.35. The molecule has 0 amide bonds. The Morgan fingerprint density at radius 2 is 1.83 bits per heavy atom. The van der Waals surface area contributed by atoms with Gasteiger partial charge in [-0.05, 0) is 24.3 Å². The Balaban J connectivity index is 2.09. The number of rotatable bonds is 1. The van der Waals surface area contributed by atoms with E-state index in [-0.39, 0.29) is 6.10 Å². The quantitative estimate of drug-likeness (QED) is 0.592. The Kier molecular flexibility index (Phi) is 1.66. The van der Waals surface area contributed by atoms with Crippen LogP contribution in [-0.2, 0) is 0 Å². The SMILES string of the molecule is Nc1ccc(N2CC(O)C2)cc1. The summed E-state index contributed by atoms with van der Waals surface area (Å²) in [5.74, 6) is 0. The van der Waals surface area contributed by atoms with Crippen LogP contribution in [0.4, 0.5) is 11.4 Å². The minimum Gasteiger partial charge on any atom is -0.399 e. The fourth-order valence-corrected chi connectivity index (χ4v) is 1.35. The van der Waals surface area contributed by atoms with Crippen molar-refractivity contribution in [1.29, 1.82) is 0 Å². The summed E-state index contributed by atoms with van der Waals surface area (Å²) < 4.78 is 0. The van der Waals surface area contributed by atoms with Crippen molar-refractivity contribution in [1.82, 2.24) is 0 Å². The zero-order chi connectivity index (χ0) is 8.55. The van der Waals surface area contributed by atoms with Crippen LogP contribution in [0.2, 0.25) is 0 Å². The second kappa shape index (κ2) is 2.68. The Morgan fingerprint density at radius 3 is 2.33 bits per heavy atom. The van der Waals surface area contributed by atoms with E-state index in [1.807, 2.05) is 24.3 Å². The zero-order valence-electron chi connectivity index (χ0n) is 6.77. The van der Waals surface area contributed by atoms with Crippen LogP contribution < -0.4 is 10.6 Å². The van der Waals surface area contributed by atoms with E-state index in [0.29, 0.717) is 0 Å². The second-order valence-electron chi connectivity index (χ2n) is 3.15. The van der Waals surface area contributed by atoms with E-state index in [0.717, 1.165) is 24.5 Å². The topological polar surface area (TPSA) is 49.5 Å². The summed E-state index contributed by atoms with van der Waals surface area (Å²) in [5.41, 5.74) is 7.46. The van der Waals surface area contributed by atoms with Crippen LogP contribution in [-0.4, -0.2) is 24.3 Å². The molecule has 3 heteroatoms. The largest absolute Gasteiger partial charge is 0.399 e. The maximum absolute atomic E-state index is 9.07. The Labute approximate surface area is 71.4 Å². The van der Waals surface area contributed by atoms with Crippen molar-refractivity contribution >= 4 is 11.4 Å². The molecule has 0 spiro atoms. The van der Waals surface area contributed by atoms with E-state index in [9.17, 15) is 0 Å². The Bertz CT molecular complexity index is 264. The number of hydrogen-bond acceptors (Lipinski definition) is 3. The van der Waals surface area contributed by atoms with Gasteiger partial charge in [-0.1, -0.05) is 0 Å². The molecule has 0 bridgehead atoms. The Morgan fingerprint density at radius 1 is 1.25 bits per heavy atom. The summed E-state index contributed by atoms with van der Waals surface area (Å²) in [6, 6.07) is 7.70. The fraction of sp³-hybridized carbons (Fsp3) is 0.333. The van der Waals surface area contributed by atoms with Crippen molar-refractivity contribution in [3.63, 3.8) is 0 Å². The van der Waals surface area contributed by atoms with E-state index in [2.05, 4.69) is 4.90 Å². The maximum atomic E-state index is 9.07. The highest BCUT2D eigenvalue weighted by Crippen LogP contribution is 2.21. The first-order chi connectivity index (χ1) is 5.75. The first kappa shape index (κ1) is 7.43. The molecule has 2 rings (SSSR count). The molecule has 1 heterocycles. The molecule has 0 atom stereocenters. The van der Waals surface area contributed by atoms with Crippen molar-refractivity contribution < 1.29 is 5.11 Å². The lowest BCUT2D eigenvalue weighted by atomic mass is 10.1. The van der Waals surface area contributed by atoms with Gasteiger partial charge in [0.1, 0.15) is 0 Å². The zero-order valence-corrected chi connectivity index (χ0v) is 6.77. The third-order valence-corrected chi connectivity index (χ3v) is 2.12. The van der Waals surface area contributed by atoms with Crippen LogP contribution in [0.1, 0.15) is 0 Å². The van der Waals surface area contributed by atoms with Crippen LogP contribution in [0.5, 0.6) is 0 Å². The summed E-state index contributed by atoms with van der Waals surface area (Å²) in [7, 11) is 0. The highest BCUT2D eigenvalue weighted by molar-refractivity contribution is 5.54. The molecule has 12 heavy (non-hydrogen) atoms. The van der Waals surface area contributed by atoms with Gasteiger partial charge in [-0.15, -0.1) is 0 Å². The van der Waals surface area contributed by atoms with Gasteiger partial charge in [0.2, 0.25) is 0 Å². The van der Waals surface area contributed by atoms with Crippen molar-refractivity contribution in [2.45, 2.75) is 6.10 Å². The van der Waals surface area contributed by atoms with Gasteiger partial charge in [0.05, 0.1) is 6.10 Å². The van der Waals surface area contributed by atoms with Crippen molar-refractivity contribution in [3.05, 3.63) is 24.3 Å². The van der Waals surface area contributed by atoms with Gasteiger partial charge in [-0.25, -0.2) is 0 Å². The molecular weight excluding hydrogens is 152 g/mol. The lowest BCUT2D eigenvalue weighted by Crippen LogP contribution is -2.50. The smallest absolute Gasteiger partial charge is 0.0889 e. The van der Waals surface area contributed by atoms with E-state index in [4.69, 9.17) is 10.8 Å². The molecule has 1 aromatic carbocycles. The van der Waals surface area contributed by atoms with Gasteiger partial charge < -0.3 is 15.7 Å². The van der Waals surface area contributed by atoms with Crippen LogP contribution in [0.25, 0.3) is 0 Å². The first-order valence-electron chi connectivity index (χ1n) is 4.04. The van der Waals surface area contributed by atoms with Crippen molar-refractivity contribution in [3.8, 4) is 0 Å². The molecule has 0 unspecified atom stereocenters. The number of β-amino-alcohol motifs (C(OH)–C–C–N with tert-alkyl or cyclic N) is 1. The number of hydrogen-bond donors (Lipinski definition) is 2. The van der Waals surface area contributed by atoms with Crippen LogP contribution in [0.3, 0.4) is 0 Å². The molecule has 0 aromatic heterocycles. The lowest BCUT2D eigenvalue weighted by molar-refractivity contribution is 0.142. The van der Waals surface area contributed by atoms with Crippen LogP contribution in [0, 0.1) is 0 Å². The standard InChI is InChI=1S/C9H12N2O/c10-7-1-3-8(4-2-7)11-5-9(12)6-11/h1-4,9,12H,5-6,10H2. The van der Waals surface area contributed by atoms with E-state index in [1.165, 1.54) is 0 Å². The van der Waals surface area contributed by atoms with Gasteiger partial charge in [-0.3, -0.25) is 0 Å². The summed E-state index contributed by atoms with van der Waals surface area (Å²) in [4.78, 5) is 2.12. The molecule has 0 saturated carbocycles. The van der Waals surface area contributed by atoms with E-state index < -0.39 is 0 Å². The minimum absolute atomic E-state index is 0.150. The normalized spacial score (nSPS) is 17.6. The molecular formula is C9H12N2O. The number of nitrogens with zero attached hydrogens (tertiary/aromatic N) is 1. The molecule has 1 aliphatic heterocycles. The predicted octanol–water partition coefficient (Wildman–Crippen LogP) is 0.450. The minimum atomic E-state index is -0.150. The molecule has 1 aliphatic rings. The summed E-state index contributed by atoms with van der Waals surface area (Å²) in [6.07, 6.45) is -0.150. The van der Waals surface area contributed by atoms with Crippen LogP contribution in [0.15, 0.2) is 24.3 Å². The average Bonchev–Trinajstić information content (AvgIpc) is 2.01. The summed E-state index contributed by atoms with van der Waals surface area (Å²) in [6.45, 7) is 1.48. The molecule has 64 valence electrons. The molecule has 0 radical (unpaired) electrons. The maximum Gasteiger partial charge on any atom is 0.0889 e. The molecule has 0 aliphatic carbocycles. The predicted molar refractivity (Wildman–Crippen MR) is 49.1 cm³/mol. The average molecular weight is 164 g/mol. The number of nitrogen functional groups attached to an aromatic ring is 1. The van der Waals surface area contributed by atoms with Crippen molar-refractivity contribution in [2.24, 2.45) is 0 Å². The molecule has 3 nitrogen and oxygen atoms in total. The molecule has 1 saturated heterocycles. The Hall–Kier alpha value is -1.22. The molecule has 1 fully saturated rings. The van der Waals surface area contributed by atoms with E-state index in [1.54, 1.807) is 0 Å². The van der Waals surface area contributed by atoms with Gasteiger partial charge in [-0.2, -0.15) is 0 Å². The number of aliphatic hydroxyl groups excluding tert-OH is 1. The van der Waals surface area contributed by atoms with E-state index >= 15 is 0 Å². The number of nitrogens with two attached hydrogens (primary N) is 1. The van der Waals surface area contributed by atoms with Gasteiger partial charge in [0.15, 0.2) is 0 Å². The number of aliphatic hydroxyl groups is 1. The second-order valence-corrected chi connectivity index (χ2v) is 3.15. The highest BCUT2D eigenvalue weighted by Gasteiger charge is 2.23. The number of benzene rings is 1. The first-order valence-corrected chi connectivity index (χ1v) is 4.04. The van der Waals surface area contributed by atoms with Gasteiger partial charge >= 0.3 is 0 Å². The molecule has 1 aromatic rings. The summed E-state index contributed by atoms with van der Waals surface area (Å²) >= 11 is 0. The van der Waals surface area contributed by atoms with Gasteiger partial charge in [0, 0.05) is 24.5 Å². The van der Waals surface area contributed by atoms with Gasteiger partial charge in [0.25, 0.3) is 0 Å². The molecule has 3 N–H and O–H groups in total. The third kappa shape index (κ3) is 1.23. The third-order valence-electron chi connectivity index (χ3n) is 2.12. The number of anilines is 2. The lowest BCUT2D eigenvalue weighted by Gasteiger charge is -2.37. The monoisotopic (exact) mass is 164 g/mol. The highest BCUT2D eigenvalue weighted by atomic mass is 16.3.